The lowest BCUT2D eigenvalue weighted by molar-refractivity contribution is -0.111. The monoisotopic (exact) mass is 522 g/mol. The number of piperazine rings is 1. The third-order valence-corrected chi connectivity index (χ3v) is 7.79. The van der Waals surface area contributed by atoms with Crippen molar-refractivity contribution >= 4 is 34.2 Å². The van der Waals surface area contributed by atoms with E-state index in [-0.39, 0.29) is 5.91 Å². The number of nitrogens with zero attached hydrogens (tertiary/aromatic N) is 4. The molecule has 3 heterocycles. The van der Waals surface area contributed by atoms with Crippen LogP contribution in [-0.2, 0) is 4.79 Å². The third-order valence-electron chi connectivity index (χ3n) is 7.79. The highest BCUT2D eigenvalue weighted by molar-refractivity contribution is 6.08. The number of amides is 1. The zero-order valence-electron chi connectivity index (χ0n) is 22.3. The van der Waals surface area contributed by atoms with Gasteiger partial charge in [0.15, 0.2) is 0 Å². The first-order chi connectivity index (χ1) is 19.1. The second-order valence-corrected chi connectivity index (χ2v) is 10.4. The van der Waals surface area contributed by atoms with Crippen LogP contribution in [0.2, 0.25) is 0 Å². The SMILES string of the molecule is C=CC(=O)Nc1cc(-c2c(-c3ccccc3)oc3ncnc(NC4CCCC4)c23)ccc1N1CCN(C)CC1. The second-order valence-electron chi connectivity index (χ2n) is 10.4. The summed E-state index contributed by atoms with van der Waals surface area (Å²) in [7, 11) is 2.13. The zero-order chi connectivity index (χ0) is 26.8. The Morgan fingerprint density at radius 3 is 2.54 bits per heavy atom. The Morgan fingerprint density at radius 1 is 1.03 bits per heavy atom. The number of carbonyl (C=O) groups excluding carboxylic acids is 1. The zero-order valence-corrected chi connectivity index (χ0v) is 22.3. The molecular formula is C31H34N6O2. The number of fused-ring (bicyclic) bond motifs is 1. The van der Waals surface area contributed by atoms with E-state index in [2.05, 4.69) is 56.2 Å². The maximum Gasteiger partial charge on any atom is 0.247 e. The number of hydrogen-bond acceptors (Lipinski definition) is 7. The Hall–Kier alpha value is -4.17. The Labute approximate surface area is 228 Å². The second kappa shape index (κ2) is 10.9. The molecule has 1 aliphatic carbocycles. The Balaban J connectivity index is 1.52. The van der Waals surface area contributed by atoms with Gasteiger partial charge in [-0.05, 0) is 43.7 Å². The largest absolute Gasteiger partial charge is 0.437 e. The van der Waals surface area contributed by atoms with Crippen LogP contribution in [0.4, 0.5) is 17.2 Å². The minimum Gasteiger partial charge on any atom is -0.437 e. The fourth-order valence-corrected chi connectivity index (χ4v) is 5.67. The summed E-state index contributed by atoms with van der Waals surface area (Å²) >= 11 is 0. The van der Waals surface area contributed by atoms with E-state index < -0.39 is 0 Å². The normalized spacial score (nSPS) is 16.5. The first-order valence-corrected chi connectivity index (χ1v) is 13.7. The molecule has 200 valence electrons. The van der Waals surface area contributed by atoms with Crippen LogP contribution in [0.3, 0.4) is 0 Å². The third kappa shape index (κ3) is 5.12. The lowest BCUT2D eigenvalue weighted by atomic mass is 9.97. The molecule has 2 aliphatic rings. The van der Waals surface area contributed by atoms with Gasteiger partial charge in [-0.25, -0.2) is 9.97 Å². The number of furan rings is 1. The molecule has 8 heteroatoms. The number of aromatic nitrogens is 2. The van der Waals surface area contributed by atoms with Crippen LogP contribution in [-0.4, -0.2) is 60.0 Å². The van der Waals surface area contributed by atoms with E-state index in [1.165, 1.54) is 18.9 Å². The highest BCUT2D eigenvalue weighted by Gasteiger charge is 2.26. The lowest BCUT2D eigenvalue weighted by Gasteiger charge is -2.35. The predicted octanol–water partition coefficient (Wildman–Crippen LogP) is 5.79. The molecule has 0 spiro atoms. The average molecular weight is 523 g/mol. The molecule has 4 aromatic rings. The van der Waals surface area contributed by atoms with Gasteiger partial charge in [0.05, 0.1) is 16.8 Å². The molecule has 2 fully saturated rings. The molecule has 6 rings (SSSR count). The number of carbonyl (C=O) groups is 1. The van der Waals surface area contributed by atoms with E-state index in [0.717, 1.165) is 84.1 Å². The van der Waals surface area contributed by atoms with Crippen LogP contribution in [0.1, 0.15) is 25.7 Å². The van der Waals surface area contributed by atoms with Crippen molar-refractivity contribution in [2.75, 3.05) is 48.8 Å². The van der Waals surface area contributed by atoms with Gasteiger partial charge in [-0.15, -0.1) is 0 Å². The molecule has 0 bridgehead atoms. The number of hydrogen-bond donors (Lipinski definition) is 2. The average Bonchev–Trinajstić information content (AvgIpc) is 3.62. The Morgan fingerprint density at radius 2 is 1.79 bits per heavy atom. The van der Waals surface area contributed by atoms with Gasteiger partial charge in [-0.3, -0.25) is 4.79 Å². The van der Waals surface area contributed by atoms with Crippen molar-refractivity contribution in [3.05, 3.63) is 67.5 Å². The lowest BCUT2D eigenvalue weighted by Crippen LogP contribution is -2.44. The predicted molar refractivity (Wildman–Crippen MR) is 157 cm³/mol. The summed E-state index contributed by atoms with van der Waals surface area (Å²) in [4.78, 5) is 26.3. The number of rotatable bonds is 7. The maximum atomic E-state index is 12.5. The molecule has 8 nitrogen and oxygen atoms in total. The molecule has 1 saturated heterocycles. The molecule has 39 heavy (non-hydrogen) atoms. The first kappa shape index (κ1) is 25.1. The number of benzene rings is 2. The standard InChI is InChI=1S/C31H34N6O2/c1-3-26(38)35-24-19-22(13-14-25(24)37-17-15-36(2)16-18-37)27-28-30(34-23-11-7-8-12-23)32-20-33-31(28)39-29(27)21-9-5-4-6-10-21/h3-6,9-10,13-14,19-20,23H,1,7-8,11-12,15-18H2,2H3,(H,35,38)(H,32,33,34). The van der Waals surface area contributed by atoms with Crippen LogP contribution < -0.4 is 15.5 Å². The van der Waals surface area contributed by atoms with Gasteiger partial charge in [-0.1, -0.05) is 55.8 Å². The quantitative estimate of drug-likeness (QED) is 0.297. The molecule has 2 aromatic heterocycles. The molecular weight excluding hydrogens is 488 g/mol. The van der Waals surface area contributed by atoms with Crippen LogP contribution in [0, 0.1) is 0 Å². The number of likely N-dealkylation sites (N-methyl/N-ethyl adjacent to an activating group) is 1. The van der Waals surface area contributed by atoms with Crippen molar-refractivity contribution in [2.45, 2.75) is 31.7 Å². The summed E-state index contributed by atoms with van der Waals surface area (Å²) in [6, 6.07) is 16.7. The summed E-state index contributed by atoms with van der Waals surface area (Å²) in [5.41, 5.74) is 5.08. The molecule has 0 unspecified atom stereocenters. The van der Waals surface area contributed by atoms with Crippen molar-refractivity contribution < 1.29 is 9.21 Å². The molecule has 1 saturated carbocycles. The van der Waals surface area contributed by atoms with Crippen LogP contribution in [0.15, 0.2) is 71.9 Å². The van der Waals surface area contributed by atoms with E-state index >= 15 is 0 Å². The van der Waals surface area contributed by atoms with Crippen molar-refractivity contribution in [1.82, 2.24) is 14.9 Å². The van der Waals surface area contributed by atoms with Crippen LogP contribution >= 0.6 is 0 Å². The van der Waals surface area contributed by atoms with Gasteiger partial charge in [-0.2, -0.15) is 0 Å². The fraction of sp³-hybridized carbons (Fsp3) is 0.323. The van der Waals surface area contributed by atoms with Gasteiger partial charge in [0.25, 0.3) is 0 Å². The van der Waals surface area contributed by atoms with E-state index in [4.69, 9.17) is 4.42 Å². The Bertz CT molecular complexity index is 1480. The van der Waals surface area contributed by atoms with Crippen molar-refractivity contribution in [3.63, 3.8) is 0 Å². The highest BCUT2D eigenvalue weighted by Crippen LogP contribution is 2.45. The van der Waals surface area contributed by atoms with Gasteiger partial charge in [0.2, 0.25) is 11.6 Å². The molecule has 0 radical (unpaired) electrons. The molecule has 1 amide bonds. The molecule has 0 atom stereocenters. The van der Waals surface area contributed by atoms with E-state index in [1.807, 2.05) is 36.4 Å². The topological polar surface area (TPSA) is 86.5 Å². The highest BCUT2D eigenvalue weighted by atomic mass is 16.3. The van der Waals surface area contributed by atoms with Crippen molar-refractivity contribution in [3.8, 4) is 22.5 Å². The molecule has 1 aliphatic heterocycles. The maximum absolute atomic E-state index is 12.5. The van der Waals surface area contributed by atoms with E-state index in [9.17, 15) is 4.79 Å². The number of nitrogens with one attached hydrogen (secondary N) is 2. The fourth-order valence-electron chi connectivity index (χ4n) is 5.67. The van der Waals surface area contributed by atoms with Gasteiger partial charge in [0.1, 0.15) is 17.9 Å². The van der Waals surface area contributed by atoms with Crippen LogP contribution in [0.25, 0.3) is 33.6 Å². The smallest absolute Gasteiger partial charge is 0.247 e. The summed E-state index contributed by atoms with van der Waals surface area (Å²) in [5, 5.41) is 7.59. The minimum absolute atomic E-state index is 0.241. The first-order valence-electron chi connectivity index (χ1n) is 13.7. The van der Waals surface area contributed by atoms with Crippen molar-refractivity contribution in [2.24, 2.45) is 0 Å². The summed E-state index contributed by atoms with van der Waals surface area (Å²) in [5.74, 6) is 1.27. The molecule has 2 aromatic carbocycles. The summed E-state index contributed by atoms with van der Waals surface area (Å²) in [6.07, 6.45) is 7.57. The van der Waals surface area contributed by atoms with E-state index in [0.29, 0.717) is 11.8 Å². The van der Waals surface area contributed by atoms with Gasteiger partial charge in [0, 0.05) is 43.3 Å². The van der Waals surface area contributed by atoms with E-state index in [1.54, 1.807) is 6.33 Å². The minimum atomic E-state index is -0.241. The van der Waals surface area contributed by atoms with Gasteiger partial charge >= 0.3 is 0 Å². The molecule has 2 N–H and O–H groups in total. The van der Waals surface area contributed by atoms with Gasteiger partial charge < -0.3 is 24.9 Å². The van der Waals surface area contributed by atoms with Crippen LogP contribution in [0.5, 0.6) is 0 Å². The van der Waals surface area contributed by atoms with Crippen molar-refractivity contribution in [1.29, 1.82) is 0 Å². The summed E-state index contributed by atoms with van der Waals surface area (Å²) < 4.78 is 6.43. The number of anilines is 3. The Kier molecular flexibility index (Phi) is 7.02. The summed E-state index contributed by atoms with van der Waals surface area (Å²) in [6.45, 7) is 7.38.